The number of methoxy groups -OCH3 is 2. The molecule has 0 saturated heterocycles. The molecule has 0 radical (unpaired) electrons. The number of hydrogen-bond donors (Lipinski definition) is 1. The molecular formula is C17H18N4O4. The molecule has 0 fully saturated rings. The monoisotopic (exact) mass is 342 g/mol. The minimum atomic E-state index is 0.340. The van der Waals surface area contributed by atoms with Gasteiger partial charge in [-0.15, -0.1) is 0 Å². The molecule has 3 rings (SSSR count). The van der Waals surface area contributed by atoms with Crippen molar-refractivity contribution in [2.75, 3.05) is 33.2 Å². The summed E-state index contributed by atoms with van der Waals surface area (Å²) in [5, 5.41) is 0. The van der Waals surface area contributed by atoms with E-state index in [0.717, 1.165) is 0 Å². The number of aromatic nitrogens is 3. The van der Waals surface area contributed by atoms with E-state index in [-0.39, 0.29) is 0 Å². The van der Waals surface area contributed by atoms with Gasteiger partial charge in [0, 0.05) is 31.5 Å². The number of pyridine rings is 3. The quantitative estimate of drug-likeness (QED) is 0.653. The molecule has 0 unspecified atom stereocenters. The third-order valence-corrected chi connectivity index (χ3v) is 3.32. The predicted octanol–water partition coefficient (Wildman–Crippen LogP) is 2.43. The van der Waals surface area contributed by atoms with Gasteiger partial charge in [0.2, 0.25) is 5.88 Å². The molecule has 0 amide bonds. The minimum Gasteiger partial charge on any atom is -0.485 e. The zero-order chi connectivity index (χ0) is 17.6. The van der Waals surface area contributed by atoms with Crippen LogP contribution in [-0.4, -0.2) is 42.4 Å². The molecule has 25 heavy (non-hydrogen) atoms. The molecule has 0 aliphatic heterocycles. The lowest BCUT2D eigenvalue weighted by atomic mass is 10.3. The average molecular weight is 342 g/mol. The van der Waals surface area contributed by atoms with Crippen LogP contribution >= 0.6 is 0 Å². The number of hydrogen-bond acceptors (Lipinski definition) is 8. The van der Waals surface area contributed by atoms with Gasteiger partial charge in [-0.05, 0) is 6.07 Å². The summed E-state index contributed by atoms with van der Waals surface area (Å²) in [6, 6.07) is 6.85. The summed E-state index contributed by atoms with van der Waals surface area (Å²) in [7, 11) is 3.13. The van der Waals surface area contributed by atoms with Crippen LogP contribution in [0.1, 0.15) is 0 Å². The van der Waals surface area contributed by atoms with Gasteiger partial charge in [-0.3, -0.25) is 4.98 Å². The Hall–Kier alpha value is -3.13. The lowest BCUT2D eigenvalue weighted by molar-refractivity contribution is 0.144. The van der Waals surface area contributed by atoms with Crippen molar-refractivity contribution in [2.45, 2.75) is 0 Å². The van der Waals surface area contributed by atoms with Crippen LogP contribution in [0, 0.1) is 0 Å². The summed E-state index contributed by atoms with van der Waals surface area (Å²) < 4.78 is 21.7. The second kappa shape index (κ2) is 7.63. The normalized spacial score (nSPS) is 10.6. The lowest BCUT2D eigenvalue weighted by Gasteiger charge is -2.12. The zero-order valence-corrected chi connectivity index (χ0v) is 13.9. The van der Waals surface area contributed by atoms with Gasteiger partial charge in [0.1, 0.15) is 12.1 Å². The largest absolute Gasteiger partial charge is 0.485 e. The highest BCUT2D eigenvalue weighted by Crippen LogP contribution is 2.33. The van der Waals surface area contributed by atoms with Crippen molar-refractivity contribution in [3.63, 3.8) is 0 Å². The Balaban J connectivity index is 1.95. The van der Waals surface area contributed by atoms with Gasteiger partial charge in [0.15, 0.2) is 11.5 Å². The molecule has 0 atom stereocenters. The first-order valence-corrected chi connectivity index (χ1v) is 7.56. The van der Waals surface area contributed by atoms with Crippen LogP contribution in [-0.2, 0) is 4.74 Å². The Morgan fingerprint density at radius 1 is 1.04 bits per heavy atom. The standard InChI is InChI=1S/C17H18N4O4/c1-22-7-8-24-14-9-12-16(21-17(14)23-2)13(5-6-19-12)25-15-4-3-11(18)10-20-15/h3-6,9-10H,7-8,18H2,1-2H3. The molecule has 8 nitrogen and oxygen atoms in total. The van der Waals surface area contributed by atoms with Crippen molar-refractivity contribution in [1.29, 1.82) is 0 Å². The van der Waals surface area contributed by atoms with Gasteiger partial charge in [-0.25, -0.2) is 9.97 Å². The second-order valence-electron chi connectivity index (χ2n) is 5.05. The first kappa shape index (κ1) is 16.7. The molecule has 3 heterocycles. The van der Waals surface area contributed by atoms with Crippen LogP contribution in [0.2, 0.25) is 0 Å². The fraction of sp³-hybridized carbons (Fsp3) is 0.235. The van der Waals surface area contributed by atoms with Crippen molar-refractivity contribution < 1.29 is 18.9 Å². The highest BCUT2D eigenvalue weighted by Gasteiger charge is 2.14. The number of anilines is 1. The zero-order valence-electron chi connectivity index (χ0n) is 13.9. The molecule has 0 aromatic carbocycles. The molecule has 3 aromatic rings. The Labute approximate surface area is 144 Å². The van der Waals surface area contributed by atoms with Gasteiger partial charge in [-0.1, -0.05) is 0 Å². The number of ether oxygens (including phenoxy) is 4. The minimum absolute atomic E-state index is 0.340. The summed E-state index contributed by atoms with van der Waals surface area (Å²) in [6.45, 7) is 0.839. The first-order valence-electron chi connectivity index (χ1n) is 7.56. The Morgan fingerprint density at radius 3 is 2.64 bits per heavy atom. The summed E-state index contributed by atoms with van der Waals surface area (Å²) in [6.07, 6.45) is 3.15. The Kier molecular flexibility index (Phi) is 5.10. The summed E-state index contributed by atoms with van der Waals surface area (Å²) in [5.41, 5.74) is 7.35. The van der Waals surface area contributed by atoms with Crippen molar-refractivity contribution >= 4 is 16.7 Å². The molecule has 3 aromatic heterocycles. The lowest BCUT2D eigenvalue weighted by Crippen LogP contribution is -2.06. The van der Waals surface area contributed by atoms with Gasteiger partial charge in [0.05, 0.1) is 31.1 Å². The fourth-order valence-corrected chi connectivity index (χ4v) is 2.14. The maximum absolute atomic E-state index is 5.80. The van der Waals surface area contributed by atoms with E-state index in [1.807, 2.05) is 0 Å². The van der Waals surface area contributed by atoms with Crippen LogP contribution in [0.25, 0.3) is 11.0 Å². The van der Waals surface area contributed by atoms with Gasteiger partial charge in [0.25, 0.3) is 5.88 Å². The number of fused-ring (bicyclic) bond motifs is 1. The third-order valence-electron chi connectivity index (χ3n) is 3.32. The fourth-order valence-electron chi connectivity index (χ4n) is 2.14. The highest BCUT2D eigenvalue weighted by atomic mass is 16.5. The molecule has 0 aliphatic rings. The van der Waals surface area contributed by atoms with Crippen molar-refractivity contribution in [2.24, 2.45) is 0 Å². The van der Waals surface area contributed by atoms with E-state index in [9.17, 15) is 0 Å². The number of nitrogens with zero attached hydrogens (tertiary/aromatic N) is 3. The van der Waals surface area contributed by atoms with E-state index in [1.165, 1.54) is 13.3 Å². The van der Waals surface area contributed by atoms with Gasteiger partial charge in [-0.2, -0.15) is 0 Å². The van der Waals surface area contributed by atoms with Gasteiger partial charge < -0.3 is 24.7 Å². The summed E-state index contributed by atoms with van der Waals surface area (Å²) >= 11 is 0. The number of rotatable bonds is 7. The molecule has 0 aliphatic carbocycles. The summed E-state index contributed by atoms with van der Waals surface area (Å²) in [4.78, 5) is 12.9. The number of nitrogen functional groups attached to an aromatic ring is 1. The molecular weight excluding hydrogens is 324 g/mol. The molecule has 0 saturated carbocycles. The molecule has 130 valence electrons. The van der Waals surface area contributed by atoms with E-state index in [1.54, 1.807) is 37.6 Å². The van der Waals surface area contributed by atoms with Crippen LogP contribution in [0.4, 0.5) is 5.69 Å². The van der Waals surface area contributed by atoms with Crippen molar-refractivity contribution in [3.8, 4) is 23.3 Å². The van der Waals surface area contributed by atoms with E-state index in [4.69, 9.17) is 24.7 Å². The van der Waals surface area contributed by atoms with Crippen LogP contribution < -0.4 is 19.9 Å². The molecule has 2 N–H and O–H groups in total. The third kappa shape index (κ3) is 3.86. The Morgan fingerprint density at radius 2 is 1.92 bits per heavy atom. The van der Waals surface area contributed by atoms with E-state index in [2.05, 4.69) is 15.0 Å². The van der Waals surface area contributed by atoms with Gasteiger partial charge >= 0.3 is 0 Å². The average Bonchev–Trinajstić information content (AvgIpc) is 2.63. The van der Waals surface area contributed by atoms with Crippen molar-refractivity contribution in [3.05, 3.63) is 36.7 Å². The van der Waals surface area contributed by atoms with E-state index in [0.29, 0.717) is 53.2 Å². The smallest absolute Gasteiger partial charge is 0.257 e. The first-order chi connectivity index (χ1) is 12.2. The molecule has 8 heteroatoms. The van der Waals surface area contributed by atoms with E-state index >= 15 is 0 Å². The molecule has 0 spiro atoms. The summed E-state index contributed by atoms with van der Waals surface area (Å²) in [5.74, 6) is 1.74. The topological polar surface area (TPSA) is 102 Å². The van der Waals surface area contributed by atoms with Crippen LogP contribution in [0.15, 0.2) is 36.7 Å². The van der Waals surface area contributed by atoms with Crippen LogP contribution in [0.5, 0.6) is 23.3 Å². The maximum Gasteiger partial charge on any atom is 0.257 e. The van der Waals surface area contributed by atoms with Crippen molar-refractivity contribution in [1.82, 2.24) is 15.0 Å². The number of nitrogens with two attached hydrogens (primary N) is 1. The SMILES string of the molecule is COCCOc1cc2nccc(Oc3ccc(N)cn3)c2nc1OC. The predicted molar refractivity (Wildman–Crippen MR) is 92.2 cm³/mol. The highest BCUT2D eigenvalue weighted by molar-refractivity contribution is 5.83. The van der Waals surface area contributed by atoms with E-state index < -0.39 is 0 Å². The maximum atomic E-state index is 5.80. The second-order valence-corrected chi connectivity index (χ2v) is 5.05. The Bertz CT molecular complexity index is 855. The molecule has 0 bridgehead atoms. The van der Waals surface area contributed by atoms with Crippen LogP contribution in [0.3, 0.4) is 0 Å².